The SMILES string of the molecule is COc1ncc(C(=O)NC2(C(=O)NCc3ccc(Nc4ccc(Cl)cc4C(F)(F)F)cn3)CC2)cn1. The molecule has 1 fully saturated rings. The summed E-state index contributed by atoms with van der Waals surface area (Å²) in [4.78, 5) is 37.1. The molecule has 1 saturated carbocycles. The molecule has 1 aliphatic rings. The average molecular weight is 521 g/mol. The van der Waals surface area contributed by atoms with Crippen molar-refractivity contribution < 1.29 is 27.5 Å². The van der Waals surface area contributed by atoms with E-state index in [-0.39, 0.29) is 34.7 Å². The highest BCUT2D eigenvalue weighted by atomic mass is 35.5. The number of anilines is 2. The van der Waals surface area contributed by atoms with Crippen LogP contribution in [0.5, 0.6) is 6.01 Å². The third-order valence-corrected chi connectivity index (χ3v) is 5.67. The summed E-state index contributed by atoms with van der Waals surface area (Å²) in [6.45, 7) is 0.0666. The highest BCUT2D eigenvalue weighted by molar-refractivity contribution is 6.30. The average Bonchev–Trinajstić information content (AvgIpc) is 3.64. The molecule has 1 aliphatic carbocycles. The van der Waals surface area contributed by atoms with Crippen molar-refractivity contribution in [3.63, 3.8) is 0 Å². The molecule has 1 aromatic carbocycles. The van der Waals surface area contributed by atoms with Crippen LogP contribution in [0, 0.1) is 0 Å². The lowest BCUT2D eigenvalue weighted by atomic mass is 10.1. The molecule has 3 aromatic rings. The van der Waals surface area contributed by atoms with Crippen molar-refractivity contribution in [2.75, 3.05) is 12.4 Å². The Labute approximate surface area is 208 Å². The molecular formula is C23H20ClF3N6O3. The summed E-state index contributed by atoms with van der Waals surface area (Å²) in [5, 5.41) is 8.10. The quantitative estimate of drug-likeness (QED) is 0.412. The van der Waals surface area contributed by atoms with Crippen molar-refractivity contribution in [1.29, 1.82) is 0 Å². The smallest absolute Gasteiger partial charge is 0.418 e. The number of hydrogen-bond acceptors (Lipinski definition) is 7. The molecule has 3 N–H and O–H groups in total. The molecular weight excluding hydrogens is 501 g/mol. The van der Waals surface area contributed by atoms with Crippen molar-refractivity contribution in [3.05, 3.63) is 70.8 Å². The van der Waals surface area contributed by atoms with Gasteiger partial charge in [-0.3, -0.25) is 14.6 Å². The first-order chi connectivity index (χ1) is 17.1. The molecule has 0 unspecified atom stereocenters. The fourth-order valence-corrected chi connectivity index (χ4v) is 3.49. The number of amides is 2. The summed E-state index contributed by atoms with van der Waals surface area (Å²) in [5.74, 6) is -0.857. The van der Waals surface area contributed by atoms with Crippen LogP contribution >= 0.6 is 11.6 Å². The fraction of sp³-hybridized carbons (Fsp3) is 0.261. The van der Waals surface area contributed by atoms with Crippen molar-refractivity contribution in [2.45, 2.75) is 31.1 Å². The zero-order chi connectivity index (χ0) is 25.9. The molecule has 2 heterocycles. The number of nitrogens with one attached hydrogen (secondary N) is 3. The highest BCUT2D eigenvalue weighted by Crippen LogP contribution is 2.38. The molecule has 13 heteroatoms. The van der Waals surface area contributed by atoms with Gasteiger partial charge in [0.25, 0.3) is 5.91 Å². The van der Waals surface area contributed by atoms with E-state index in [2.05, 4.69) is 30.9 Å². The lowest BCUT2D eigenvalue weighted by molar-refractivity contribution is -0.137. The van der Waals surface area contributed by atoms with Crippen LogP contribution in [-0.4, -0.2) is 39.4 Å². The second-order valence-electron chi connectivity index (χ2n) is 8.03. The highest BCUT2D eigenvalue weighted by Gasteiger charge is 2.51. The minimum atomic E-state index is -4.58. The summed E-state index contributed by atoms with van der Waals surface area (Å²) in [7, 11) is 1.40. The van der Waals surface area contributed by atoms with Crippen molar-refractivity contribution >= 4 is 34.8 Å². The van der Waals surface area contributed by atoms with Crippen LogP contribution in [0.4, 0.5) is 24.5 Å². The molecule has 0 saturated heterocycles. The molecule has 0 bridgehead atoms. The minimum absolute atomic E-state index is 0.0287. The first kappa shape index (κ1) is 25.2. The van der Waals surface area contributed by atoms with E-state index >= 15 is 0 Å². The molecule has 0 spiro atoms. The zero-order valence-electron chi connectivity index (χ0n) is 18.8. The third kappa shape index (κ3) is 5.82. The van der Waals surface area contributed by atoms with Gasteiger partial charge in [0.05, 0.1) is 48.0 Å². The van der Waals surface area contributed by atoms with E-state index in [1.165, 1.54) is 37.8 Å². The lowest BCUT2D eigenvalue weighted by Crippen LogP contribution is -2.48. The second kappa shape index (κ2) is 9.97. The van der Waals surface area contributed by atoms with Gasteiger partial charge in [-0.05, 0) is 43.2 Å². The third-order valence-electron chi connectivity index (χ3n) is 5.43. The van der Waals surface area contributed by atoms with Gasteiger partial charge in [-0.1, -0.05) is 11.6 Å². The largest absolute Gasteiger partial charge is 0.467 e. The van der Waals surface area contributed by atoms with E-state index in [0.717, 1.165) is 6.07 Å². The van der Waals surface area contributed by atoms with Crippen LogP contribution in [0.15, 0.2) is 48.9 Å². The predicted octanol–water partition coefficient (Wildman–Crippen LogP) is 3.87. The molecule has 2 amide bonds. The van der Waals surface area contributed by atoms with Crippen molar-refractivity contribution in [1.82, 2.24) is 25.6 Å². The number of carbonyl (C=O) groups is 2. The number of ether oxygens (including phenoxy) is 1. The topological polar surface area (TPSA) is 118 Å². The van der Waals surface area contributed by atoms with Gasteiger partial charge in [0, 0.05) is 17.4 Å². The lowest BCUT2D eigenvalue weighted by Gasteiger charge is -2.17. The maximum absolute atomic E-state index is 13.3. The molecule has 36 heavy (non-hydrogen) atoms. The van der Waals surface area contributed by atoms with Gasteiger partial charge in [0.15, 0.2) is 0 Å². The van der Waals surface area contributed by atoms with E-state index in [4.69, 9.17) is 16.3 Å². The molecule has 0 radical (unpaired) electrons. The van der Waals surface area contributed by atoms with Crippen LogP contribution in [0.1, 0.15) is 34.5 Å². The number of pyridine rings is 1. The van der Waals surface area contributed by atoms with Crippen LogP contribution < -0.4 is 20.7 Å². The van der Waals surface area contributed by atoms with Gasteiger partial charge in [0.1, 0.15) is 5.54 Å². The molecule has 4 rings (SSSR count). The number of benzene rings is 1. The van der Waals surface area contributed by atoms with Crippen LogP contribution in [-0.2, 0) is 17.5 Å². The maximum atomic E-state index is 13.3. The Morgan fingerprint density at radius 3 is 2.39 bits per heavy atom. The van der Waals surface area contributed by atoms with Crippen molar-refractivity contribution in [2.24, 2.45) is 0 Å². The molecule has 0 atom stereocenters. The minimum Gasteiger partial charge on any atom is -0.467 e. The summed E-state index contributed by atoms with van der Waals surface area (Å²) >= 11 is 5.71. The fourth-order valence-electron chi connectivity index (χ4n) is 3.32. The Hall–Kier alpha value is -3.93. The number of carbonyl (C=O) groups excluding carboxylic acids is 2. The summed E-state index contributed by atoms with van der Waals surface area (Å²) in [5.41, 5.74) is -1.10. The van der Waals surface area contributed by atoms with E-state index in [1.807, 2.05) is 0 Å². The Kier molecular flexibility index (Phi) is 6.97. The van der Waals surface area contributed by atoms with Crippen LogP contribution in [0.3, 0.4) is 0 Å². The first-order valence-corrected chi connectivity index (χ1v) is 11.0. The number of aromatic nitrogens is 3. The zero-order valence-corrected chi connectivity index (χ0v) is 19.6. The van der Waals surface area contributed by atoms with Gasteiger partial charge >= 0.3 is 12.2 Å². The Balaban J connectivity index is 1.34. The van der Waals surface area contributed by atoms with Gasteiger partial charge < -0.3 is 20.7 Å². The number of nitrogens with zero attached hydrogens (tertiary/aromatic N) is 3. The molecule has 9 nitrogen and oxygen atoms in total. The summed E-state index contributed by atoms with van der Waals surface area (Å²) < 4.78 is 44.7. The van der Waals surface area contributed by atoms with Gasteiger partial charge in [-0.25, -0.2) is 9.97 Å². The van der Waals surface area contributed by atoms with E-state index in [9.17, 15) is 22.8 Å². The number of rotatable bonds is 8. The van der Waals surface area contributed by atoms with Crippen LogP contribution in [0.25, 0.3) is 0 Å². The summed E-state index contributed by atoms with van der Waals surface area (Å²) in [6, 6.07) is 6.66. The number of methoxy groups -OCH3 is 1. The molecule has 188 valence electrons. The second-order valence-corrected chi connectivity index (χ2v) is 8.46. The summed E-state index contributed by atoms with van der Waals surface area (Å²) in [6.07, 6.45) is 0.321. The number of alkyl halides is 3. The van der Waals surface area contributed by atoms with E-state index < -0.39 is 23.2 Å². The standard InChI is InChI=1S/C23H20ClF3N6O3/c1-36-21-30-9-13(10-31-21)19(34)33-22(6-7-22)20(35)29-11-15-3-4-16(12-28-15)32-18-5-2-14(24)8-17(18)23(25,26)27/h2-5,8-10,12,32H,6-7,11H2,1H3,(H,29,35)(H,33,34). The monoisotopic (exact) mass is 520 g/mol. The van der Waals surface area contributed by atoms with E-state index in [0.29, 0.717) is 24.2 Å². The molecule has 2 aromatic heterocycles. The maximum Gasteiger partial charge on any atom is 0.418 e. The Morgan fingerprint density at radius 1 is 1.08 bits per heavy atom. The Bertz CT molecular complexity index is 1270. The predicted molar refractivity (Wildman–Crippen MR) is 124 cm³/mol. The molecule has 0 aliphatic heterocycles. The van der Waals surface area contributed by atoms with Gasteiger partial charge in [0.2, 0.25) is 5.91 Å². The van der Waals surface area contributed by atoms with Crippen molar-refractivity contribution in [3.8, 4) is 6.01 Å². The normalized spacial score (nSPS) is 14.0. The van der Waals surface area contributed by atoms with E-state index in [1.54, 1.807) is 12.1 Å². The van der Waals surface area contributed by atoms with Crippen LogP contribution in [0.2, 0.25) is 5.02 Å². The van der Waals surface area contributed by atoms with Gasteiger partial charge in [-0.15, -0.1) is 0 Å². The number of halogens is 4. The number of hydrogen-bond donors (Lipinski definition) is 3. The van der Waals surface area contributed by atoms with Gasteiger partial charge in [-0.2, -0.15) is 13.2 Å². The first-order valence-electron chi connectivity index (χ1n) is 10.7. The Morgan fingerprint density at radius 2 is 1.81 bits per heavy atom.